The summed E-state index contributed by atoms with van der Waals surface area (Å²) in [4.78, 5) is 12.5. The number of aliphatic hydroxyl groups excluding tert-OH is 1. The third kappa shape index (κ3) is 9.38. The minimum atomic E-state index is -1.01. The van der Waals surface area contributed by atoms with E-state index in [1.165, 1.54) is 28.8 Å². The van der Waals surface area contributed by atoms with Crippen molar-refractivity contribution in [1.82, 2.24) is 10.6 Å². The van der Waals surface area contributed by atoms with Gasteiger partial charge in [0.2, 0.25) is 0 Å². The number of ether oxygens (including phenoxy) is 1. The van der Waals surface area contributed by atoms with Crippen molar-refractivity contribution in [3.63, 3.8) is 0 Å². The summed E-state index contributed by atoms with van der Waals surface area (Å²) in [6.07, 6.45) is 2.33. The van der Waals surface area contributed by atoms with E-state index >= 15 is 0 Å². The Morgan fingerprint density at radius 3 is 2.35 bits per heavy atom. The number of halogens is 2. The monoisotopic (exact) mass is 516 g/mol. The zero-order valence-electron chi connectivity index (χ0n) is 23.0. The fourth-order valence-corrected chi connectivity index (χ4v) is 4.91. The smallest absolute Gasteiger partial charge is 0.407 e. The van der Waals surface area contributed by atoms with Crippen LogP contribution in [0.25, 0.3) is 0 Å². The molecule has 0 saturated heterocycles. The highest BCUT2D eigenvalue weighted by molar-refractivity contribution is 5.68. The molecule has 0 fully saturated rings. The lowest BCUT2D eigenvalue weighted by Crippen LogP contribution is -2.50. The molecular formula is C30H42F2N2O3. The third-order valence-corrected chi connectivity index (χ3v) is 6.38. The normalized spacial score (nSPS) is 17.6. The summed E-state index contributed by atoms with van der Waals surface area (Å²) >= 11 is 0. The average Bonchev–Trinajstić information content (AvgIpc) is 2.74. The van der Waals surface area contributed by atoms with Crippen LogP contribution in [0.15, 0.2) is 36.4 Å². The van der Waals surface area contributed by atoms with E-state index in [2.05, 4.69) is 49.6 Å². The molecule has 3 atom stereocenters. The van der Waals surface area contributed by atoms with Crippen LogP contribution in [0.4, 0.5) is 13.6 Å². The van der Waals surface area contributed by atoms with Crippen molar-refractivity contribution in [2.24, 2.45) is 5.41 Å². The molecule has 3 rings (SSSR count). The van der Waals surface area contributed by atoms with Gasteiger partial charge in [-0.3, -0.25) is 0 Å². The molecule has 204 valence electrons. The van der Waals surface area contributed by atoms with Crippen LogP contribution in [0, 0.1) is 17.0 Å². The van der Waals surface area contributed by atoms with Crippen LogP contribution in [0.1, 0.15) is 82.7 Å². The van der Waals surface area contributed by atoms with Crippen molar-refractivity contribution in [1.29, 1.82) is 0 Å². The van der Waals surface area contributed by atoms with E-state index in [0.717, 1.165) is 31.7 Å². The molecule has 3 N–H and O–H groups in total. The summed E-state index contributed by atoms with van der Waals surface area (Å²) in [5, 5.41) is 17.3. The molecule has 0 heterocycles. The predicted octanol–water partition coefficient (Wildman–Crippen LogP) is 6.02. The van der Waals surface area contributed by atoms with Crippen LogP contribution in [0.5, 0.6) is 0 Å². The number of carbonyl (C=O) groups is 1. The van der Waals surface area contributed by atoms with Crippen molar-refractivity contribution in [2.45, 2.75) is 97.4 Å². The Balaban J connectivity index is 1.74. The second kappa shape index (κ2) is 11.9. The molecule has 0 unspecified atom stereocenters. The SMILES string of the molecule is CC(C)(C)Cc1ccc2c(c1)[C@@H](NC[C@@H](O)[C@H](Cc1cc(F)cc(F)c1)NC(=O)OC(C)(C)C)CCC2. The number of alkyl carbamates (subject to hydrolysis) is 1. The zero-order valence-corrected chi connectivity index (χ0v) is 23.0. The van der Waals surface area contributed by atoms with Crippen LogP contribution in [0.2, 0.25) is 0 Å². The zero-order chi connectivity index (χ0) is 27.4. The maximum atomic E-state index is 13.8. The highest BCUT2D eigenvalue weighted by Gasteiger charge is 2.28. The van der Waals surface area contributed by atoms with Gasteiger partial charge in [0.25, 0.3) is 0 Å². The summed E-state index contributed by atoms with van der Waals surface area (Å²) in [5.41, 5.74) is 3.65. The van der Waals surface area contributed by atoms with Crippen molar-refractivity contribution >= 4 is 6.09 Å². The largest absolute Gasteiger partial charge is 0.444 e. The first-order valence-corrected chi connectivity index (χ1v) is 13.2. The van der Waals surface area contributed by atoms with Gasteiger partial charge in [-0.1, -0.05) is 39.0 Å². The lowest BCUT2D eigenvalue weighted by Gasteiger charge is -2.31. The number of amides is 1. The molecule has 1 aliphatic carbocycles. The van der Waals surface area contributed by atoms with Gasteiger partial charge < -0.3 is 20.5 Å². The molecule has 1 aliphatic rings. The molecule has 0 spiro atoms. The van der Waals surface area contributed by atoms with Crippen molar-refractivity contribution in [3.05, 3.63) is 70.3 Å². The van der Waals surface area contributed by atoms with Crippen LogP contribution in [-0.2, 0) is 24.0 Å². The van der Waals surface area contributed by atoms with Gasteiger partial charge in [0.15, 0.2) is 0 Å². The standard InChI is InChI=1S/C30H42F2N2O3/c1-29(2,3)17-19-10-11-21-8-7-9-25(24(21)14-19)33-18-27(35)26(34-28(36)37-30(4,5)6)15-20-12-22(31)16-23(32)13-20/h10-14,16,25-27,33,35H,7-9,15,17-18H2,1-6H3,(H,34,36)/t25-,26-,27+/m0/s1. The Bertz CT molecular complexity index is 1060. The molecule has 5 nitrogen and oxygen atoms in total. The second-order valence-corrected chi connectivity index (χ2v) is 12.4. The van der Waals surface area contributed by atoms with E-state index in [1.54, 1.807) is 20.8 Å². The lowest BCUT2D eigenvalue weighted by molar-refractivity contribution is 0.0419. The Morgan fingerprint density at radius 1 is 1.05 bits per heavy atom. The number of carbonyl (C=O) groups excluding carboxylic acids is 1. The first-order chi connectivity index (χ1) is 17.2. The van der Waals surface area contributed by atoms with Gasteiger partial charge in [-0.05, 0) is 92.7 Å². The summed E-state index contributed by atoms with van der Waals surface area (Å²) in [6.45, 7) is 12.1. The summed E-state index contributed by atoms with van der Waals surface area (Å²) in [5.74, 6) is -1.41. The van der Waals surface area contributed by atoms with Crippen LogP contribution in [-0.4, -0.2) is 35.5 Å². The number of hydrogen-bond acceptors (Lipinski definition) is 4. The van der Waals surface area contributed by atoms with Crippen molar-refractivity contribution in [2.75, 3.05) is 6.54 Å². The number of aliphatic hydroxyl groups is 1. The number of nitrogens with one attached hydrogen (secondary N) is 2. The molecule has 0 radical (unpaired) electrons. The summed E-state index contributed by atoms with van der Waals surface area (Å²) in [6, 6.07) is 9.18. The Labute approximate surface area is 220 Å². The molecular weight excluding hydrogens is 474 g/mol. The average molecular weight is 517 g/mol. The van der Waals surface area contributed by atoms with E-state index in [4.69, 9.17) is 4.74 Å². The first-order valence-electron chi connectivity index (χ1n) is 13.2. The number of hydrogen-bond donors (Lipinski definition) is 3. The number of fused-ring (bicyclic) bond motifs is 1. The summed E-state index contributed by atoms with van der Waals surface area (Å²) in [7, 11) is 0. The van der Waals surface area contributed by atoms with Gasteiger partial charge in [-0.15, -0.1) is 0 Å². The molecule has 0 aliphatic heterocycles. The fraction of sp³-hybridized carbons (Fsp3) is 0.567. The number of aryl methyl sites for hydroxylation is 1. The van der Waals surface area contributed by atoms with E-state index < -0.39 is 35.5 Å². The molecule has 37 heavy (non-hydrogen) atoms. The van der Waals surface area contributed by atoms with E-state index in [9.17, 15) is 18.7 Å². The molecule has 7 heteroatoms. The molecule has 1 amide bonds. The second-order valence-electron chi connectivity index (χ2n) is 12.4. The van der Waals surface area contributed by atoms with E-state index in [-0.39, 0.29) is 24.4 Å². The Kier molecular flexibility index (Phi) is 9.35. The Hall–Kier alpha value is -2.51. The van der Waals surface area contributed by atoms with Gasteiger partial charge in [-0.2, -0.15) is 0 Å². The molecule has 2 aromatic rings. The molecule has 2 aromatic carbocycles. The van der Waals surface area contributed by atoms with Crippen molar-refractivity contribution in [3.8, 4) is 0 Å². The molecule has 0 aromatic heterocycles. The first kappa shape index (κ1) is 29.1. The van der Waals surface area contributed by atoms with Gasteiger partial charge in [0.1, 0.15) is 17.2 Å². The molecule has 0 bridgehead atoms. The quantitative estimate of drug-likeness (QED) is 0.401. The summed E-state index contributed by atoms with van der Waals surface area (Å²) < 4.78 is 33.0. The Morgan fingerprint density at radius 2 is 1.73 bits per heavy atom. The van der Waals surface area contributed by atoms with Crippen LogP contribution < -0.4 is 10.6 Å². The van der Waals surface area contributed by atoms with Crippen molar-refractivity contribution < 1.29 is 23.4 Å². The highest BCUT2D eigenvalue weighted by atomic mass is 19.1. The molecule has 0 saturated carbocycles. The lowest BCUT2D eigenvalue weighted by atomic mass is 9.82. The highest BCUT2D eigenvalue weighted by Crippen LogP contribution is 2.32. The maximum Gasteiger partial charge on any atom is 0.407 e. The van der Waals surface area contributed by atoms with E-state index in [1.807, 2.05) is 0 Å². The minimum Gasteiger partial charge on any atom is -0.444 e. The minimum absolute atomic E-state index is 0.0494. The number of rotatable bonds is 8. The third-order valence-electron chi connectivity index (χ3n) is 6.38. The fourth-order valence-electron chi connectivity index (χ4n) is 4.91. The van der Waals surface area contributed by atoms with Gasteiger partial charge >= 0.3 is 6.09 Å². The predicted molar refractivity (Wildman–Crippen MR) is 143 cm³/mol. The van der Waals surface area contributed by atoms with Crippen LogP contribution >= 0.6 is 0 Å². The topological polar surface area (TPSA) is 70.6 Å². The van der Waals surface area contributed by atoms with Gasteiger partial charge in [-0.25, -0.2) is 13.6 Å². The van der Waals surface area contributed by atoms with Gasteiger partial charge in [0.05, 0.1) is 12.1 Å². The van der Waals surface area contributed by atoms with Gasteiger partial charge in [0, 0.05) is 18.7 Å². The number of benzene rings is 2. The maximum absolute atomic E-state index is 13.8. The van der Waals surface area contributed by atoms with E-state index in [0.29, 0.717) is 5.56 Å². The van der Waals surface area contributed by atoms with Crippen LogP contribution in [0.3, 0.4) is 0 Å².